The largest absolute Gasteiger partial charge is 0.457 e. The van der Waals surface area contributed by atoms with Crippen LogP contribution in [0.3, 0.4) is 0 Å². The van der Waals surface area contributed by atoms with Crippen LogP contribution in [-0.4, -0.2) is 54.2 Å². The fourth-order valence-corrected chi connectivity index (χ4v) is 4.98. The Morgan fingerprint density at radius 2 is 1.82 bits per heavy atom. The van der Waals surface area contributed by atoms with Gasteiger partial charge in [-0.1, -0.05) is 30.0 Å². The number of piperidine rings is 1. The third kappa shape index (κ3) is 4.74. The van der Waals surface area contributed by atoms with Crippen LogP contribution in [0.25, 0.3) is 0 Å². The van der Waals surface area contributed by atoms with Gasteiger partial charge in [-0.2, -0.15) is 5.10 Å². The van der Waals surface area contributed by atoms with E-state index in [1.807, 2.05) is 54.6 Å². The van der Waals surface area contributed by atoms with E-state index in [0.717, 1.165) is 58.9 Å². The maximum Gasteiger partial charge on any atom is 0.159 e. The molecule has 6 nitrogen and oxygen atoms in total. The van der Waals surface area contributed by atoms with Gasteiger partial charge < -0.3 is 9.64 Å². The zero-order chi connectivity index (χ0) is 22.8. The van der Waals surface area contributed by atoms with Gasteiger partial charge in [0.25, 0.3) is 0 Å². The molecule has 0 bridgehead atoms. The summed E-state index contributed by atoms with van der Waals surface area (Å²) in [5, 5.41) is 7.28. The summed E-state index contributed by atoms with van der Waals surface area (Å²) in [5.41, 5.74) is 9.02. The van der Waals surface area contributed by atoms with Crippen molar-refractivity contribution in [3.8, 4) is 23.3 Å². The fraction of sp³-hybridized carbons (Fsp3) is 0.308. The molecule has 3 aliphatic rings. The molecule has 2 N–H and O–H groups in total. The van der Waals surface area contributed by atoms with Crippen molar-refractivity contribution < 1.29 is 4.74 Å². The minimum Gasteiger partial charge on any atom is -0.457 e. The normalized spacial score (nSPS) is 25.0. The Bertz CT molecular complexity index is 1160. The number of benzene rings is 2. The number of hydrazone groups is 1. The van der Waals surface area contributed by atoms with E-state index < -0.39 is 6.17 Å². The van der Waals surface area contributed by atoms with Crippen LogP contribution in [0, 0.1) is 17.8 Å². The molecule has 1 saturated heterocycles. The second-order valence-corrected chi connectivity index (χ2v) is 9.36. The molecule has 0 aromatic heterocycles. The topological polar surface area (TPSA) is 66.5 Å². The fourth-order valence-electron chi connectivity index (χ4n) is 4.45. The number of para-hydroxylation sites is 1. The number of nitrogens with two attached hydrogens (primary N) is 1. The number of hydrogen-bond acceptors (Lipinski definition) is 6. The number of nitrogens with zero attached hydrogens (tertiary/aromatic N) is 4. The van der Waals surface area contributed by atoms with E-state index in [9.17, 15) is 0 Å². The van der Waals surface area contributed by atoms with Crippen molar-refractivity contribution in [2.75, 3.05) is 20.1 Å². The maximum absolute atomic E-state index is 6.03. The molecule has 1 fully saturated rings. The van der Waals surface area contributed by atoms with Crippen molar-refractivity contribution >= 4 is 27.9 Å². The number of rotatable bonds is 4. The van der Waals surface area contributed by atoms with Crippen molar-refractivity contribution in [3.63, 3.8) is 0 Å². The number of hydrogen-bond donors (Lipinski definition) is 1. The summed E-state index contributed by atoms with van der Waals surface area (Å²) in [6.07, 6.45) is 3.46. The number of likely N-dealkylation sites (N-methyl/N-ethyl adjacent to an activating group) is 1. The quantitative estimate of drug-likeness (QED) is 0.635. The summed E-state index contributed by atoms with van der Waals surface area (Å²) in [6, 6.07) is 18.1. The van der Waals surface area contributed by atoms with Crippen molar-refractivity contribution in [2.24, 2.45) is 21.7 Å². The lowest BCUT2D eigenvalue weighted by molar-refractivity contribution is 0.146. The highest BCUT2D eigenvalue weighted by molar-refractivity contribution is 9.12. The molecule has 0 radical (unpaired) electrons. The molecule has 3 unspecified atom stereocenters. The van der Waals surface area contributed by atoms with Crippen LogP contribution in [0.1, 0.15) is 18.4 Å². The van der Waals surface area contributed by atoms with E-state index in [4.69, 9.17) is 15.6 Å². The van der Waals surface area contributed by atoms with Crippen LogP contribution in [0.4, 0.5) is 0 Å². The predicted octanol–water partition coefficient (Wildman–Crippen LogP) is 4.19. The Balaban J connectivity index is 1.49. The van der Waals surface area contributed by atoms with Crippen molar-refractivity contribution in [1.82, 2.24) is 9.91 Å². The Kier molecular flexibility index (Phi) is 6.32. The first-order valence-corrected chi connectivity index (χ1v) is 12.0. The predicted molar refractivity (Wildman–Crippen MR) is 136 cm³/mol. The standard InChI is InChI=1S/C26H26BrN5O/c1-31-15-5-6-19(17-31)32-26-22(13-14-24(28)29-16-23(26)27)25(30-32)18-9-11-21(12-10-18)33-20-7-3-2-4-8-20/h2-4,7-12,16,19,22,24H,5-6,15,17,28H2,1H3. The van der Waals surface area contributed by atoms with Gasteiger partial charge in [0.15, 0.2) is 6.17 Å². The molecule has 3 aliphatic heterocycles. The number of halogens is 1. The van der Waals surface area contributed by atoms with Gasteiger partial charge in [0, 0.05) is 12.8 Å². The molecule has 0 spiro atoms. The Morgan fingerprint density at radius 3 is 2.58 bits per heavy atom. The second kappa shape index (κ2) is 9.52. The van der Waals surface area contributed by atoms with E-state index in [-0.39, 0.29) is 12.0 Å². The highest BCUT2D eigenvalue weighted by Gasteiger charge is 2.38. The van der Waals surface area contributed by atoms with Crippen molar-refractivity contribution in [2.45, 2.75) is 25.0 Å². The van der Waals surface area contributed by atoms with Gasteiger partial charge in [-0.15, -0.1) is 0 Å². The first-order chi connectivity index (χ1) is 16.1. The van der Waals surface area contributed by atoms with E-state index >= 15 is 0 Å². The first kappa shape index (κ1) is 21.9. The lowest BCUT2D eigenvalue weighted by Crippen LogP contribution is -2.43. The van der Waals surface area contributed by atoms with Crippen LogP contribution in [0.15, 0.2) is 74.9 Å². The van der Waals surface area contributed by atoms with Crippen LogP contribution in [0.5, 0.6) is 11.5 Å². The zero-order valence-corrected chi connectivity index (χ0v) is 20.1. The van der Waals surface area contributed by atoms with Crippen molar-refractivity contribution in [3.05, 3.63) is 70.3 Å². The van der Waals surface area contributed by atoms with Crippen molar-refractivity contribution in [1.29, 1.82) is 0 Å². The van der Waals surface area contributed by atoms with Gasteiger partial charge >= 0.3 is 0 Å². The van der Waals surface area contributed by atoms with Crippen LogP contribution in [0.2, 0.25) is 0 Å². The number of aliphatic imine (C=N–C) groups is 1. The van der Waals surface area contributed by atoms with Gasteiger partial charge in [0.2, 0.25) is 0 Å². The molecule has 0 amide bonds. The molecule has 0 saturated carbocycles. The summed E-state index contributed by atoms with van der Waals surface area (Å²) in [6.45, 7) is 2.07. The summed E-state index contributed by atoms with van der Waals surface area (Å²) in [7, 11) is 2.16. The Labute approximate surface area is 202 Å². The number of fused-ring (bicyclic) bond motifs is 1. The SMILES string of the molecule is CN1CCCC(N2N=C(c3ccc(Oc4ccccc4)cc3)C3C#CC(N)N=CC(Br)=C32)C1. The van der Waals surface area contributed by atoms with Gasteiger partial charge in [0.1, 0.15) is 17.4 Å². The molecule has 168 valence electrons. The maximum atomic E-state index is 6.03. The minimum absolute atomic E-state index is 0.176. The van der Waals surface area contributed by atoms with Gasteiger partial charge in [-0.3, -0.25) is 15.7 Å². The van der Waals surface area contributed by atoms with E-state index in [1.54, 1.807) is 6.21 Å². The lowest BCUT2D eigenvalue weighted by Gasteiger charge is -2.36. The molecule has 3 heterocycles. The first-order valence-electron chi connectivity index (χ1n) is 11.2. The molecular formula is C26H26BrN5O. The van der Waals surface area contributed by atoms with Gasteiger partial charge in [0.05, 0.1) is 21.9 Å². The molecule has 2 aromatic rings. The number of allylic oxidation sites excluding steroid dienone is 2. The number of ether oxygens (including phenoxy) is 1. The zero-order valence-electron chi connectivity index (χ0n) is 18.5. The Morgan fingerprint density at radius 1 is 1.06 bits per heavy atom. The van der Waals surface area contributed by atoms with E-state index in [2.05, 4.69) is 49.7 Å². The van der Waals surface area contributed by atoms with E-state index in [0.29, 0.717) is 0 Å². The van der Waals surface area contributed by atoms with Crippen LogP contribution >= 0.6 is 15.9 Å². The summed E-state index contributed by atoms with van der Waals surface area (Å²) < 4.78 is 6.85. The molecule has 33 heavy (non-hydrogen) atoms. The third-order valence-electron chi connectivity index (χ3n) is 6.05. The number of likely N-dealkylation sites (tertiary alicyclic amines) is 1. The van der Waals surface area contributed by atoms with E-state index in [1.165, 1.54) is 0 Å². The van der Waals surface area contributed by atoms with Gasteiger partial charge in [-0.25, -0.2) is 0 Å². The molecule has 3 atom stereocenters. The summed E-state index contributed by atoms with van der Waals surface area (Å²) in [5.74, 6) is 7.85. The van der Waals surface area contributed by atoms with Crippen LogP contribution < -0.4 is 10.5 Å². The van der Waals surface area contributed by atoms with Crippen LogP contribution in [-0.2, 0) is 0 Å². The smallest absolute Gasteiger partial charge is 0.159 e. The summed E-state index contributed by atoms with van der Waals surface area (Å²) >= 11 is 3.74. The molecule has 0 aliphatic carbocycles. The molecule has 2 aromatic carbocycles. The highest BCUT2D eigenvalue weighted by Crippen LogP contribution is 2.37. The monoisotopic (exact) mass is 503 g/mol. The average Bonchev–Trinajstić information content (AvgIpc) is 3.21. The molecular weight excluding hydrogens is 478 g/mol. The minimum atomic E-state index is -0.545. The average molecular weight is 504 g/mol. The lowest BCUT2D eigenvalue weighted by atomic mass is 9.93. The third-order valence-corrected chi connectivity index (χ3v) is 6.66. The summed E-state index contributed by atoms with van der Waals surface area (Å²) in [4.78, 5) is 6.70. The Hall–Kier alpha value is -2.92. The molecule has 5 rings (SSSR count). The second-order valence-electron chi connectivity index (χ2n) is 8.51. The highest BCUT2D eigenvalue weighted by atomic mass is 79.9. The molecule has 7 heteroatoms. The van der Waals surface area contributed by atoms with Gasteiger partial charge in [-0.05, 0) is 84.3 Å².